The van der Waals surface area contributed by atoms with E-state index in [1.165, 1.54) is 6.07 Å². The predicted molar refractivity (Wildman–Crippen MR) is 90.3 cm³/mol. The molecule has 0 saturated carbocycles. The molecule has 0 heterocycles. The molecule has 2 rings (SSSR count). The minimum atomic E-state index is -0.345. The molecule has 0 aliphatic carbocycles. The van der Waals surface area contributed by atoms with Crippen LogP contribution in [0, 0.1) is 0 Å². The molecule has 108 valence electrons. The Hall–Kier alpha value is -1.36. The third kappa shape index (κ3) is 4.30. The molecule has 0 unspecified atom stereocenters. The van der Waals surface area contributed by atoms with E-state index in [2.05, 4.69) is 26.5 Å². The quantitative estimate of drug-likeness (QED) is 0.591. The first-order chi connectivity index (χ1) is 9.97. The molecule has 0 fully saturated rings. The first kappa shape index (κ1) is 16.0. The Kier molecular flexibility index (Phi) is 5.39. The maximum Gasteiger partial charge on any atom is 0.271 e. The van der Waals surface area contributed by atoms with Crippen molar-refractivity contribution in [2.75, 3.05) is 0 Å². The van der Waals surface area contributed by atoms with Crippen molar-refractivity contribution in [1.29, 1.82) is 0 Å². The van der Waals surface area contributed by atoms with Gasteiger partial charge >= 0.3 is 0 Å². The Labute approximate surface area is 141 Å². The summed E-state index contributed by atoms with van der Waals surface area (Å²) < 4.78 is 0.949. The van der Waals surface area contributed by atoms with Gasteiger partial charge in [-0.1, -0.05) is 51.3 Å². The molecule has 0 radical (unpaired) electrons. The number of nitrogens with one attached hydrogen (secondary N) is 1. The number of hydrogen-bond acceptors (Lipinski definition) is 2. The second-order valence-corrected chi connectivity index (χ2v) is 6.01. The molecule has 0 saturated heterocycles. The highest BCUT2D eigenvalue weighted by Crippen LogP contribution is 2.22. The minimum absolute atomic E-state index is 0.331. The summed E-state index contributed by atoms with van der Waals surface area (Å²) >= 11 is 15.1. The average molecular weight is 386 g/mol. The summed E-state index contributed by atoms with van der Waals surface area (Å²) in [4.78, 5) is 12.0. The lowest BCUT2D eigenvalue weighted by atomic mass is 10.1. The van der Waals surface area contributed by atoms with Crippen molar-refractivity contribution in [3.63, 3.8) is 0 Å². The highest BCUT2D eigenvalue weighted by atomic mass is 79.9. The second kappa shape index (κ2) is 7.07. The fourth-order valence-corrected chi connectivity index (χ4v) is 2.31. The topological polar surface area (TPSA) is 41.5 Å². The number of amides is 1. The van der Waals surface area contributed by atoms with Crippen molar-refractivity contribution in [3.05, 3.63) is 68.1 Å². The fourth-order valence-electron chi connectivity index (χ4n) is 1.61. The number of rotatable bonds is 3. The third-order valence-corrected chi connectivity index (χ3v) is 3.98. The highest BCUT2D eigenvalue weighted by Gasteiger charge is 2.07. The van der Waals surface area contributed by atoms with E-state index >= 15 is 0 Å². The molecule has 0 bridgehead atoms. The molecule has 1 N–H and O–H groups in total. The first-order valence-electron chi connectivity index (χ1n) is 6.03. The molecule has 6 heteroatoms. The van der Waals surface area contributed by atoms with Crippen LogP contribution in [0.15, 0.2) is 52.0 Å². The van der Waals surface area contributed by atoms with Crippen molar-refractivity contribution in [2.45, 2.75) is 6.92 Å². The molecule has 3 nitrogen and oxygen atoms in total. The molecule has 0 atom stereocenters. The van der Waals surface area contributed by atoms with Gasteiger partial charge in [-0.05, 0) is 42.8 Å². The van der Waals surface area contributed by atoms with E-state index in [9.17, 15) is 4.79 Å². The van der Waals surface area contributed by atoms with Gasteiger partial charge in [-0.25, -0.2) is 5.43 Å². The van der Waals surface area contributed by atoms with Gasteiger partial charge in [0, 0.05) is 10.0 Å². The van der Waals surface area contributed by atoms with Crippen LogP contribution < -0.4 is 5.43 Å². The maximum absolute atomic E-state index is 12.0. The second-order valence-electron chi connectivity index (χ2n) is 4.28. The lowest BCUT2D eigenvalue weighted by Crippen LogP contribution is -2.19. The van der Waals surface area contributed by atoms with Crippen LogP contribution in [0.3, 0.4) is 0 Å². The summed E-state index contributed by atoms with van der Waals surface area (Å²) in [6.07, 6.45) is 0. The zero-order valence-electron chi connectivity index (χ0n) is 11.0. The fraction of sp³-hybridized carbons (Fsp3) is 0.0667. The number of benzene rings is 2. The molecule has 0 aliphatic rings. The number of halogens is 3. The van der Waals surface area contributed by atoms with Gasteiger partial charge in [0.1, 0.15) is 0 Å². The first-order valence-corrected chi connectivity index (χ1v) is 7.58. The zero-order chi connectivity index (χ0) is 15.4. The van der Waals surface area contributed by atoms with Crippen LogP contribution in [-0.4, -0.2) is 11.6 Å². The van der Waals surface area contributed by atoms with Gasteiger partial charge in [0.15, 0.2) is 0 Å². The van der Waals surface area contributed by atoms with Crippen molar-refractivity contribution < 1.29 is 4.79 Å². The number of hydrogen-bond donors (Lipinski definition) is 1. The molecule has 0 aromatic heterocycles. The van der Waals surface area contributed by atoms with Crippen LogP contribution in [0.2, 0.25) is 10.0 Å². The normalized spacial score (nSPS) is 11.3. The maximum atomic E-state index is 12.0. The number of carbonyl (C=O) groups is 1. The van der Waals surface area contributed by atoms with E-state index in [0.717, 1.165) is 10.0 Å². The molecule has 1 amide bonds. The molecular formula is C15H11BrCl2N2O. The molecular weight excluding hydrogens is 375 g/mol. The van der Waals surface area contributed by atoms with Gasteiger partial charge in [0.05, 0.1) is 15.8 Å². The van der Waals surface area contributed by atoms with Crippen LogP contribution >= 0.6 is 39.1 Å². The lowest BCUT2D eigenvalue weighted by Gasteiger charge is -2.04. The molecule has 0 spiro atoms. The van der Waals surface area contributed by atoms with Crippen LogP contribution in [0.1, 0.15) is 22.8 Å². The molecule has 2 aromatic carbocycles. The van der Waals surface area contributed by atoms with Crippen LogP contribution in [0.25, 0.3) is 0 Å². The number of nitrogens with zero attached hydrogens (tertiary/aromatic N) is 1. The molecule has 21 heavy (non-hydrogen) atoms. The third-order valence-electron chi connectivity index (χ3n) is 2.75. The summed E-state index contributed by atoms with van der Waals surface area (Å²) in [5, 5.41) is 4.82. The highest BCUT2D eigenvalue weighted by molar-refractivity contribution is 9.10. The van der Waals surface area contributed by atoms with E-state index in [0.29, 0.717) is 21.3 Å². The van der Waals surface area contributed by atoms with E-state index in [1.54, 1.807) is 12.1 Å². The smallest absolute Gasteiger partial charge is 0.267 e. The Bertz CT molecular complexity index is 717. The van der Waals surface area contributed by atoms with Gasteiger partial charge in [-0.3, -0.25) is 4.79 Å². The number of carbonyl (C=O) groups excluding carboxylic acids is 1. The Balaban J connectivity index is 2.12. The Morgan fingerprint density at radius 2 is 1.86 bits per heavy atom. The minimum Gasteiger partial charge on any atom is -0.267 e. The summed E-state index contributed by atoms with van der Waals surface area (Å²) in [6, 6.07) is 12.3. The summed E-state index contributed by atoms with van der Waals surface area (Å²) in [5.74, 6) is -0.345. The Morgan fingerprint density at radius 1 is 1.10 bits per heavy atom. The van der Waals surface area contributed by atoms with Crippen LogP contribution in [0.4, 0.5) is 0 Å². The van der Waals surface area contributed by atoms with E-state index in [4.69, 9.17) is 23.2 Å². The monoisotopic (exact) mass is 384 g/mol. The molecule has 0 aliphatic heterocycles. The van der Waals surface area contributed by atoms with Gasteiger partial charge in [-0.2, -0.15) is 5.10 Å². The molecule has 2 aromatic rings. The lowest BCUT2D eigenvalue weighted by molar-refractivity contribution is 0.0955. The van der Waals surface area contributed by atoms with Gasteiger partial charge in [0.25, 0.3) is 5.91 Å². The van der Waals surface area contributed by atoms with E-state index in [1.807, 2.05) is 31.2 Å². The van der Waals surface area contributed by atoms with Crippen molar-refractivity contribution in [2.24, 2.45) is 5.10 Å². The Morgan fingerprint density at radius 3 is 2.52 bits per heavy atom. The van der Waals surface area contributed by atoms with E-state index in [-0.39, 0.29) is 5.91 Å². The van der Waals surface area contributed by atoms with E-state index < -0.39 is 0 Å². The standard InChI is InChI=1S/C15H11BrCl2N2O/c1-9(10-3-2-4-12(16)7-10)19-20-15(21)11-5-6-13(17)14(18)8-11/h2-8H,1H3,(H,20,21)/b19-9+. The SMILES string of the molecule is C/C(=N\NC(=O)c1ccc(Cl)c(Cl)c1)c1cccc(Br)c1. The van der Waals surface area contributed by atoms with Gasteiger partial charge in [0.2, 0.25) is 0 Å². The van der Waals surface area contributed by atoms with Crippen molar-refractivity contribution >= 4 is 50.8 Å². The van der Waals surface area contributed by atoms with Crippen molar-refractivity contribution in [3.8, 4) is 0 Å². The zero-order valence-corrected chi connectivity index (χ0v) is 14.1. The summed E-state index contributed by atoms with van der Waals surface area (Å²) in [7, 11) is 0. The van der Waals surface area contributed by atoms with Crippen molar-refractivity contribution in [1.82, 2.24) is 5.43 Å². The van der Waals surface area contributed by atoms with Crippen LogP contribution in [-0.2, 0) is 0 Å². The van der Waals surface area contributed by atoms with Gasteiger partial charge < -0.3 is 0 Å². The number of hydrazone groups is 1. The van der Waals surface area contributed by atoms with Crippen LogP contribution in [0.5, 0.6) is 0 Å². The average Bonchev–Trinajstić information content (AvgIpc) is 2.47. The predicted octanol–water partition coefficient (Wildman–Crippen LogP) is 4.91. The van der Waals surface area contributed by atoms with Gasteiger partial charge in [-0.15, -0.1) is 0 Å². The summed E-state index contributed by atoms with van der Waals surface area (Å²) in [5.41, 5.74) is 4.51. The summed E-state index contributed by atoms with van der Waals surface area (Å²) in [6.45, 7) is 1.82. The largest absolute Gasteiger partial charge is 0.271 e.